The zero-order chi connectivity index (χ0) is 16.9. The molecular weight excluding hydrogens is 306 g/mol. The lowest BCUT2D eigenvalue weighted by atomic mass is 10.2. The van der Waals surface area contributed by atoms with Crippen LogP contribution in [0.4, 0.5) is 10.5 Å². The maximum Gasteiger partial charge on any atom is 0.414 e. The van der Waals surface area contributed by atoms with E-state index in [1.807, 2.05) is 6.92 Å². The number of carbonyl (C=O) groups excluding carboxylic acids is 2. The van der Waals surface area contributed by atoms with Crippen molar-refractivity contribution in [3.63, 3.8) is 0 Å². The van der Waals surface area contributed by atoms with Crippen LogP contribution < -0.4 is 4.90 Å². The highest BCUT2D eigenvalue weighted by atomic mass is 35.5. The Morgan fingerprint density at radius 3 is 2.36 bits per heavy atom. The van der Waals surface area contributed by atoms with Crippen LogP contribution >= 0.6 is 11.6 Å². The molecule has 0 spiro atoms. The summed E-state index contributed by atoms with van der Waals surface area (Å²) >= 11 is 6.03. The molecule has 1 amide bonds. The van der Waals surface area contributed by atoms with Crippen LogP contribution in [0.15, 0.2) is 18.2 Å². The summed E-state index contributed by atoms with van der Waals surface area (Å²) in [6.45, 7) is 9.58. The SMILES string of the molecule is CCOC(=O)c1cc(N(CC)C(=O)OC(C)(C)C)ccc1Cl. The smallest absolute Gasteiger partial charge is 0.414 e. The van der Waals surface area contributed by atoms with Gasteiger partial charge in [0, 0.05) is 12.2 Å². The van der Waals surface area contributed by atoms with Gasteiger partial charge in [0.15, 0.2) is 0 Å². The minimum absolute atomic E-state index is 0.225. The predicted molar refractivity (Wildman–Crippen MR) is 86.7 cm³/mol. The third-order valence-corrected chi connectivity index (χ3v) is 3.02. The number of amides is 1. The summed E-state index contributed by atoms with van der Waals surface area (Å²) in [6.07, 6.45) is -0.480. The molecule has 0 N–H and O–H groups in total. The first-order valence-corrected chi connectivity index (χ1v) is 7.54. The Morgan fingerprint density at radius 1 is 1.23 bits per heavy atom. The molecule has 0 saturated heterocycles. The van der Waals surface area contributed by atoms with Crippen molar-refractivity contribution in [2.75, 3.05) is 18.1 Å². The van der Waals surface area contributed by atoms with Crippen molar-refractivity contribution in [3.05, 3.63) is 28.8 Å². The van der Waals surface area contributed by atoms with Crippen LogP contribution in [-0.2, 0) is 9.47 Å². The Bertz CT molecular complexity index is 552. The van der Waals surface area contributed by atoms with E-state index in [4.69, 9.17) is 21.1 Å². The molecule has 0 radical (unpaired) electrons. The van der Waals surface area contributed by atoms with Crippen molar-refractivity contribution >= 4 is 29.4 Å². The minimum Gasteiger partial charge on any atom is -0.462 e. The molecule has 0 saturated carbocycles. The van der Waals surface area contributed by atoms with Gasteiger partial charge < -0.3 is 9.47 Å². The largest absolute Gasteiger partial charge is 0.462 e. The Kier molecular flexibility index (Phi) is 6.23. The van der Waals surface area contributed by atoms with Crippen molar-refractivity contribution < 1.29 is 19.1 Å². The third-order valence-electron chi connectivity index (χ3n) is 2.69. The Hall–Kier alpha value is -1.75. The number of halogens is 1. The van der Waals surface area contributed by atoms with Crippen molar-refractivity contribution in [2.45, 2.75) is 40.2 Å². The highest BCUT2D eigenvalue weighted by Crippen LogP contribution is 2.25. The molecule has 0 atom stereocenters. The van der Waals surface area contributed by atoms with Gasteiger partial charge in [-0.3, -0.25) is 4.90 Å². The number of anilines is 1. The van der Waals surface area contributed by atoms with E-state index in [2.05, 4.69) is 0 Å². The summed E-state index contributed by atoms with van der Waals surface area (Å²) in [6, 6.07) is 4.77. The summed E-state index contributed by atoms with van der Waals surface area (Å²) in [5, 5.41) is 0.280. The molecule has 0 bridgehead atoms. The van der Waals surface area contributed by atoms with Gasteiger partial charge in [0.05, 0.1) is 17.2 Å². The van der Waals surface area contributed by atoms with Gasteiger partial charge in [-0.1, -0.05) is 11.6 Å². The van der Waals surface area contributed by atoms with Crippen molar-refractivity contribution in [3.8, 4) is 0 Å². The molecule has 1 aromatic carbocycles. The van der Waals surface area contributed by atoms with Crippen LogP contribution in [0, 0.1) is 0 Å². The Morgan fingerprint density at radius 2 is 1.86 bits per heavy atom. The topological polar surface area (TPSA) is 55.8 Å². The number of benzene rings is 1. The molecule has 1 aromatic rings. The molecule has 122 valence electrons. The predicted octanol–water partition coefficient (Wildman–Crippen LogP) is 4.28. The van der Waals surface area contributed by atoms with Gasteiger partial charge in [-0.15, -0.1) is 0 Å². The Balaban J connectivity index is 3.10. The zero-order valence-electron chi connectivity index (χ0n) is 13.6. The number of carbonyl (C=O) groups is 2. The maximum absolute atomic E-state index is 12.2. The second-order valence-electron chi connectivity index (χ2n) is 5.61. The molecule has 22 heavy (non-hydrogen) atoms. The molecule has 5 nitrogen and oxygen atoms in total. The fraction of sp³-hybridized carbons (Fsp3) is 0.500. The van der Waals surface area contributed by atoms with E-state index in [-0.39, 0.29) is 17.2 Å². The number of hydrogen-bond acceptors (Lipinski definition) is 4. The summed E-state index contributed by atoms with van der Waals surface area (Å²) in [5.74, 6) is -0.519. The summed E-state index contributed by atoms with van der Waals surface area (Å²) < 4.78 is 10.3. The van der Waals surface area contributed by atoms with Crippen LogP contribution in [0.2, 0.25) is 5.02 Å². The van der Waals surface area contributed by atoms with Gasteiger partial charge in [0.25, 0.3) is 0 Å². The summed E-state index contributed by atoms with van der Waals surface area (Å²) in [5.41, 5.74) is 0.160. The first-order valence-electron chi connectivity index (χ1n) is 7.16. The monoisotopic (exact) mass is 327 g/mol. The number of nitrogens with zero attached hydrogens (tertiary/aromatic N) is 1. The number of hydrogen-bond donors (Lipinski definition) is 0. The quantitative estimate of drug-likeness (QED) is 0.774. The molecule has 1 rings (SSSR count). The average molecular weight is 328 g/mol. The van der Waals surface area contributed by atoms with E-state index in [1.165, 1.54) is 11.0 Å². The van der Waals surface area contributed by atoms with Gasteiger partial charge in [0.2, 0.25) is 0 Å². The summed E-state index contributed by atoms with van der Waals surface area (Å²) in [4.78, 5) is 25.6. The molecule has 0 unspecified atom stereocenters. The lowest BCUT2D eigenvalue weighted by Gasteiger charge is -2.26. The number of esters is 1. The van der Waals surface area contributed by atoms with E-state index in [1.54, 1.807) is 39.8 Å². The molecular formula is C16H22ClNO4. The molecule has 0 aliphatic rings. The van der Waals surface area contributed by atoms with Crippen LogP contribution in [0.1, 0.15) is 45.0 Å². The molecule has 6 heteroatoms. The minimum atomic E-state index is -0.596. The van der Waals surface area contributed by atoms with Gasteiger partial charge >= 0.3 is 12.1 Å². The van der Waals surface area contributed by atoms with Gasteiger partial charge in [-0.05, 0) is 52.8 Å². The molecule has 0 aliphatic carbocycles. The third kappa shape index (κ3) is 4.91. The van der Waals surface area contributed by atoms with Crippen LogP contribution in [0.5, 0.6) is 0 Å². The van der Waals surface area contributed by atoms with E-state index in [0.717, 1.165) is 0 Å². The highest BCUT2D eigenvalue weighted by molar-refractivity contribution is 6.33. The van der Waals surface area contributed by atoms with E-state index >= 15 is 0 Å². The molecule has 0 fully saturated rings. The van der Waals surface area contributed by atoms with Crippen LogP contribution in [0.25, 0.3) is 0 Å². The van der Waals surface area contributed by atoms with Crippen LogP contribution in [0.3, 0.4) is 0 Å². The van der Waals surface area contributed by atoms with Crippen molar-refractivity contribution in [1.82, 2.24) is 0 Å². The molecule has 0 heterocycles. The zero-order valence-corrected chi connectivity index (χ0v) is 14.4. The second-order valence-corrected chi connectivity index (χ2v) is 6.02. The number of rotatable bonds is 4. The van der Waals surface area contributed by atoms with E-state index < -0.39 is 17.7 Å². The lowest BCUT2D eigenvalue weighted by molar-refractivity contribution is 0.0523. The highest BCUT2D eigenvalue weighted by Gasteiger charge is 2.23. The fourth-order valence-corrected chi connectivity index (χ4v) is 1.98. The van der Waals surface area contributed by atoms with Gasteiger partial charge in [0.1, 0.15) is 5.60 Å². The standard InChI is InChI=1S/C16H22ClNO4/c1-6-18(15(20)22-16(3,4)5)11-8-9-13(17)12(10-11)14(19)21-7-2/h8-10H,6-7H2,1-5H3. The number of ether oxygens (including phenoxy) is 2. The van der Waals surface area contributed by atoms with Gasteiger partial charge in [-0.25, -0.2) is 9.59 Å². The Labute approximate surface area is 136 Å². The first kappa shape index (κ1) is 18.3. The lowest BCUT2D eigenvalue weighted by Crippen LogP contribution is -2.36. The normalized spacial score (nSPS) is 11.0. The first-order chi connectivity index (χ1) is 10.2. The molecule has 0 aromatic heterocycles. The van der Waals surface area contributed by atoms with Crippen molar-refractivity contribution in [2.24, 2.45) is 0 Å². The fourth-order valence-electron chi connectivity index (χ4n) is 1.78. The summed E-state index contributed by atoms with van der Waals surface area (Å²) in [7, 11) is 0. The van der Waals surface area contributed by atoms with Crippen molar-refractivity contribution in [1.29, 1.82) is 0 Å². The van der Waals surface area contributed by atoms with Gasteiger partial charge in [-0.2, -0.15) is 0 Å². The molecule has 0 aliphatic heterocycles. The second kappa shape index (κ2) is 7.49. The maximum atomic E-state index is 12.2. The van der Waals surface area contributed by atoms with E-state index in [9.17, 15) is 9.59 Å². The van der Waals surface area contributed by atoms with E-state index in [0.29, 0.717) is 12.2 Å². The van der Waals surface area contributed by atoms with Crippen LogP contribution in [-0.4, -0.2) is 30.8 Å². The average Bonchev–Trinajstić information content (AvgIpc) is 2.39.